The molecule has 0 radical (unpaired) electrons. The van der Waals surface area contributed by atoms with Crippen LogP contribution in [-0.4, -0.2) is 18.0 Å². The van der Waals surface area contributed by atoms with Crippen LogP contribution in [0.2, 0.25) is 5.02 Å². The number of benzene rings is 1. The molecule has 1 aromatic carbocycles. The molecule has 3 N–H and O–H groups in total. The van der Waals surface area contributed by atoms with E-state index >= 15 is 0 Å². The van der Waals surface area contributed by atoms with E-state index in [9.17, 15) is 4.79 Å². The van der Waals surface area contributed by atoms with Crippen molar-refractivity contribution in [1.29, 1.82) is 0 Å². The summed E-state index contributed by atoms with van der Waals surface area (Å²) in [5, 5.41) is 3.62. The third-order valence-corrected chi connectivity index (χ3v) is 3.08. The molecule has 0 aromatic heterocycles. The van der Waals surface area contributed by atoms with Crippen LogP contribution < -0.4 is 11.1 Å². The number of carbonyl (C=O) groups excluding carboxylic acids is 1. The Morgan fingerprint density at radius 3 is 2.39 bits per heavy atom. The van der Waals surface area contributed by atoms with Gasteiger partial charge in [0.05, 0.1) is 0 Å². The van der Waals surface area contributed by atoms with E-state index in [4.69, 9.17) is 17.3 Å². The van der Waals surface area contributed by atoms with Crippen molar-refractivity contribution in [2.75, 3.05) is 6.54 Å². The molecule has 18 heavy (non-hydrogen) atoms. The summed E-state index contributed by atoms with van der Waals surface area (Å²) in [6, 6.07) is 6.84. The molecular formula is C14H21ClN2O. The molecular weight excluding hydrogens is 248 g/mol. The third-order valence-electron chi connectivity index (χ3n) is 2.83. The van der Waals surface area contributed by atoms with Crippen LogP contribution in [0, 0.1) is 5.92 Å². The van der Waals surface area contributed by atoms with E-state index in [1.54, 1.807) is 24.3 Å². The molecule has 4 heteroatoms. The summed E-state index contributed by atoms with van der Waals surface area (Å²) in [5.74, 6) is 0.365. The summed E-state index contributed by atoms with van der Waals surface area (Å²) in [5.41, 5.74) is 6.00. The Balaban J connectivity index is 2.76. The Kier molecular flexibility index (Phi) is 5.17. The minimum Gasteiger partial charge on any atom is -0.346 e. The number of hydrogen-bond donors (Lipinski definition) is 2. The fraction of sp³-hybridized carbons (Fsp3) is 0.500. The molecule has 0 saturated carbocycles. The highest BCUT2D eigenvalue weighted by Gasteiger charge is 2.26. The normalized spacial score (nSPS) is 14.3. The van der Waals surface area contributed by atoms with Gasteiger partial charge in [-0.15, -0.1) is 0 Å². The third kappa shape index (κ3) is 4.31. The minimum absolute atomic E-state index is 0.111. The van der Waals surface area contributed by atoms with Gasteiger partial charge in [0.2, 0.25) is 0 Å². The summed E-state index contributed by atoms with van der Waals surface area (Å²) >= 11 is 5.79. The van der Waals surface area contributed by atoms with E-state index in [0.717, 1.165) is 6.42 Å². The first-order chi connectivity index (χ1) is 8.36. The fourth-order valence-corrected chi connectivity index (χ4v) is 2.16. The predicted molar refractivity (Wildman–Crippen MR) is 75.8 cm³/mol. The second kappa shape index (κ2) is 6.21. The van der Waals surface area contributed by atoms with Gasteiger partial charge in [-0.05, 0) is 43.5 Å². The second-order valence-electron chi connectivity index (χ2n) is 5.32. The second-order valence-corrected chi connectivity index (χ2v) is 5.76. The number of carbonyl (C=O) groups is 1. The van der Waals surface area contributed by atoms with E-state index in [0.29, 0.717) is 23.0 Å². The van der Waals surface area contributed by atoms with Gasteiger partial charge < -0.3 is 11.1 Å². The van der Waals surface area contributed by atoms with E-state index in [2.05, 4.69) is 19.2 Å². The van der Waals surface area contributed by atoms with E-state index in [1.807, 2.05) is 6.92 Å². The first-order valence-electron chi connectivity index (χ1n) is 6.14. The van der Waals surface area contributed by atoms with Crippen molar-refractivity contribution in [3.05, 3.63) is 34.9 Å². The van der Waals surface area contributed by atoms with E-state index in [1.165, 1.54) is 0 Å². The lowest BCUT2D eigenvalue weighted by Gasteiger charge is -2.31. The maximum absolute atomic E-state index is 12.1. The van der Waals surface area contributed by atoms with E-state index in [-0.39, 0.29) is 11.4 Å². The van der Waals surface area contributed by atoms with Crippen molar-refractivity contribution in [3.63, 3.8) is 0 Å². The van der Waals surface area contributed by atoms with Crippen LogP contribution in [0.4, 0.5) is 0 Å². The summed E-state index contributed by atoms with van der Waals surface area (Å²) in [7, 11) is 0. The van der Waals surface area contributed by atoms with Crippen LogP contribution in [0.1, 0.15) is 37.6 Å². The zero-order chi connectivity index (χ0) is 13.8. The Bertz CT molecular complexity index is 403. The first kappa shape index (κ1) is 15.0. The smallest absolute Gasteiger partial charge is 0.251 e. The molecule has 0 aliphatic rings. The lowest BCUT2D eigenvalue weighted by molar-refractivity contribution is 0.0898. The monoisotopic (exact) mass is 268 g/mol. The first-order valence-corrected chi connectivity index (χ1v) is 6.52. The van der Waals surface area contributed by atoms with Gasteiger partial charge in [-0.3, -0.25) is 4.79 Å². The molecule has 3 nitrogen and oxygen atoms in total. The highest BCUT2D eigenvalue weighted by molar-refractivity contribution is 6.30. The van der Waals surface area contributed by atoms with Gasteiger partial charge in [0.1, 0.15) is 0 Å². The molecule has 0 bridgehead atoms. The van der Waals surface area contributed by atoms with Crippen LogP contribution in [0.25, 0.3) is 0 Å². The Morgan fingerprint density at radius 2 is 1.94 bits per heavy atom. The van der Waals surface area contributed by atoms with Crippen LogP contribution in [0.3, 0.4) is 0 Å². The van der Waals surface area contributed by atoms with Gasteiger partial charge in [0, 0.05) is 22.7 Å². The summed E-state index contributed by atoms with van der Waals surface area (Å²) in [4.78, 5) is 12.1. The molecule has 1 atom stereocenters. The molecule has 1 rings (SSSR count). The van der Waals surface area contributed by atoms with Gasteiger partial charge in [-0.1, -0.05) is 25.4 Å². The molecule has 0 aliphatic carbocycles. The quantitative estimate of drug-likeness (QED) is 0.863. The molecule has 0 saturated heterocycles. The van der Waals surface area contributed by atoms with Crippen molar-refractivity contribution in [3.8, 4) is 0 Å². The Morgan fingerprint density at radius 1 is 1.39 bits per heavy atom. The van der Waals surface area contributed by atoms with Crippen LogP contribution >= 0.6 is 11.6 Å². The molecule has 1 aromatic rings. The summed E-state index contributed by atoms with van der Waals surface area (Å²) < 4.78 is 0. The molecule has 0 spiro atoms. The highest BCUT2D eigenvalue weighted by Crippen LogP contribution is 2.17. The number of rotatable bonds is 5. The zero-order valence-corrected chi connectivity index (χ0v) is 11.9. The van der Waals surface area contributed by atoms with Gasteiger partial charge in [0.25, 0.3) is 5.91 Å². The van der Waals surface area contributed by atoms with Gasteiger partial charge in [0.15, 0.2) is 0 Å². The summed E-state index contributed by atoms with van der Waals surface area (Å²) in [6.07, 6.45) is 0.850. The minimum atomic E-state index is -0.370. The Hall–Kier alpha value is -1.06. The van der Waals surface area contributed by atoms with Crippen LogP contribution in [0.5, 0.6) is 0 Å². The van der Waals surface area contributed by atoms with Gasteiger partial charge in [-0.2, -0.15) is 0 Å². The molecule has 1 amide bonds. The number of halogens is 1. The van der Waals surface area contributed by atoms with Crippen LogP contribution in [0.15, 0.2) is 24.3 Å². The van der Waals surface area contributed by atoms with Crippen molar-refractivity contribution in [2.24, 2.45) is 11.7 Å². The molecule has 100 valence electrons. The van der Waals surface area contributed by atoms with Crippen LogP contribution in [-0.2, 0) is 0 Å². The number of nitrogens with one attached hydrogen (secondary N) is 1. The van der Waals surface area contributed by atoms with Crippen molar-refractivity contribution >= 4 is 17.5 Å². The zero-order valence-electron chi connectivity index (χ0n) is 11.2. The largest absolute Gasteiger partial charge is 0.346 e. The van der Waals surface area contributed by atoms with Gasteiger partial charge in [-0.25, -0.2) is 0 Å². The topological polar surface area (TPSA) is 55.1 Å². The fourth-order valence-electron chi connectivity index (χ4n) is 2.03. The Labute approximate surface area is 114 Å². The number of amides is 1. The number of nitrogens with two attached hydrogens (primary N) is 1. The van der Waals surface area contributed by atoms with E-state index < -0.39 is 0 Å². The van der Waals surface area contributed by atoms with Gasteiger partial charge >= 0.3 is 0 Å². The maximum Gasteiger partial charge on any atom is 0.251 e. The standard InChI is InChI=1S/C14H21ClN2O/c1-10(2)8-14(3,9-16)17-13(18)11-4-6-12(15)7-5-11/h4-7,10H,8-9,16H2,1-3H3,(H,17,18). The van der Waals surface area contributed by atoms with Crippen molar-refractivity contribution < 1.29 is 4.79 Å². The highest BCUT2D eigenvalue weighted by atomic mass is 35.5. The predicted octanol–water partition coefficient (Wildman–Crippen LogP) is 2.83. The van der Waals surface area contributed by atoms with Crippen molar-refractivity contribution in [1.82, 2.24) is 5.32 Å². The lowest BCUT2D eigenvalue weighted by atomic mass is 9.90. The summed E-state index contributed by atoms with van der Waals surface area (Å²) in [6.45, 7) is 6.62. The molecule has 1 unspecified atom stereocenters. The lowest BCUT2D eigenvalue weighted by Crippen LogP contribution is -2.52. The molecule has 0 aliphatic heterocycles. The maximum atomic E-state index is 12.1. The van der Waals surface area contributed by atoms with Crippen molar-refractivity contribution in [2.45, 2.75) is 32.7 Å². The SMILES string of the molecule is CC(C)CC(C)(CN)NC(=O)c1ccc(Cl)cc1. The number of hydrogen-bond acceptors (Lipinski definition) is 2. The average Bonchev–Trinajstić information content (AvgIpc) is 2.28. The average molecular weight is 269 g/mol. The molecule has 0 fully saturated rings. The molecule has 0 heterocycles.